The van der Waals surface area contributed by atoms with Crippen molar-refractivity contribution in [2.24, 2.45) is 0 Å². The molecule has 3 aromatic carbocycles. The number of fused-ring (bicyclic) bond motifs is 3. The molecule has 246 valence electrons. The van der Waals surface area contributed by atoms with Gasteiger partial charge in [0.25, 0.3) is 5.91 Å². The number of ether oxygens (including phenoxy) is 6. The lowest BCUT2D eigenvalue weighted by Gasteiger charge is -2.15. The summed E-state index contributed by atoms with van der Waals surface area (Å²) in [6.45, 7) is 3.75. The number of rotatable bonds is 19. The first-order valence-electron chi connectivity index (χ1n) is 15.2. The molecule has 3 amide bonds. The van der Waals surface area contributed by atoms with Crippen LogP contribution in [0.3, 0.4) is 0 Å². The third kappa shape index (κ3) is 10.8. The van der Waals surface area contributed by atoms with Crippen molar-refractivity contribution >= 4 is 23.8 Å². The molecule has 0 saturated carbocycles. The van der Waals surface area contributed by atoms with Crippen LogP contribution in [-0.2, 0) is 28.4 Å². The summed E-state index contributed by atoms with van der Waals surface area (Å²) >= 11 is 0. The van der Waals surface area contributed by atoms with Crippen LogP contribution >= 0.6 is 0 Å². The van der Waals surface area contributed by atoms with Crippen LogP contribution in [0.5, 0.6) is 0 Å². The summed E-state index contributed by atoms with van der Waals surface area (Å²) in [4.78, 5) is 36.1. The second kappa shape index (κ2) is 19.1. The van der Waals surface area contributed by atoms with E-state index in [0.29, 0.717) is 70.7 Å². The summed E-state index contributed by atoms with van der Waals surface area (Å²) in [6, 6.07) is 23.0. The number of hydrogen-bond acceptors (Lipinski definition) is 9. The molecular formula is C34H41N3O9. The number of carbonyl (C=O) groups is 3. The van der Waals surface area contributed by atoms with E-state index in [1.54, 1.807) is 24.3 Å². The van der Waals surface area contributed by atoms with E-state index in [-0.39, 0.29) is 25.0 Å². The van der Waals surface area contributed by atoms with Gasteiger partial charge in [0, 0.05) is 30.8 Å². The van der Waals surface area contributed by atoms with Gasteiger partial charge in [-0.05, 0) is 40.5 Å². The SMILES string of the molecule is CNC(=O)OCCOCCOCCOCCOCCNC(=O)c1cccc(NC(=O)OCC2c3ccccc3-c3ccccc32)c1. The van der Waals surface area contributed by atoms with E-state index >= 15 is 0 Å². The monoisotopic (exact) mass is 635 g/mol. The Morgan fingerprint density at radius 1 is 0.630 bits per heavy atom. The molecule has 1 aliphatic carbocycles. The zero-order valence-corrected chi connectivity index (χ0v) is 26.0. The molecule has 46 heavy (non-hydrogen) atoms. The van der Waals surface area contributed by atoms with Crippen molar-refractivity contribution < 1.29 is 42.8 Å². The highest BCUT2D eigenvalue weighted by Gasteiger charge is 2.29. The molecule has 0 heterocycles. The molecule has 0 atom stereocenters. The Labute approximate surface area is 268 Å². The number of alkyl carbamates (subject to hydrolysis) is 1. The topological polar surface area (TPSA) is 143 Å². The lowest BCUT2D eigenvalue weighted by molar-refractivity contribution is -0.00612. The lowest BCUT2D eigenvalue weighted by Crippen LogP contribution is -2.27. The molecule has 1 aliphatic rings. The van der Waals surface area contributed by atoms with E-state index < -0.39 is 12.2 Å². The van der Waals surface area contributed by atoms with Gasteiger partial charge < -0.3 is 39.1 Å². The molecule has 0 fully saturated rings. The van der Waals surface area contributed by atoms with Gasteiger partial charge in [-0.2, -0.15) is 0 Å². The molecule has 0 radical (unpaired) electrons. The van der Waals surface area contributed by atoms with E-state index in [1.807, 2.05) is 24.3 Å². The first kappa shape index (κ1) is 34.4. The van der Waals surface area contributed by atoms with Crippen molar-refractivity contribution in [3.8, 4) is 11.1 Å². The fraction of sp³-hybridized carbons (Fsp3) is 0.382. The van der Waals surface area contributed by atoms with Crippen molar-refractivity contribution in [1.29, 1.82) is 0 Å². The molecule has 4 rings (SSSR count). The largest absolute Gasteiger partial charge is 0.448 e. The van der Waals surface area contributed by atoms with E-state index in [4.69, 9.17) is 28.4 Å². The fourth-order valence-corrected chi connectivity index (χ4v) is 4.86. The maximum atomic E-state index is 12.6. The van der Waals surface area contributed by atoms with Crippen molar-refractivity contribution in [1.82, 2.24) is 10.6 Å². The average molecular weight is 636 g/mol. The van der Waals surface area contributed by atoms with Crippen molar-refractivity contribution in [2.45, 2.75) is 5.92 Å². The maximum absolute atomic E-state index is 12.6. The minimum Gasteiger partial charge on any atom is -0.448 e. The van der Waals surface area contributed by atoms with Gasteiger partial charge in [-0.25, -0.2) is 9.59 Å². The van der Waals surface area contributed by atoms with E-state index in [1.165, 1.54) is 7.05 Å². The summed E-state index contributed by atoms with van der Waals surface area (Å²) in [5, 5.41) is 7.88. The third-order valence-electron chi connectivity index (χ3n) is 7.03. The van der Waals surface area contributed by atoms with Gasteiger partial charge in [-0.15, -0.1) is 0 Å². The Balaban J connectivity index is 1.04. The van der Waals surface area contributed by atoms with Crippen LogP contribution in [0.2, 0.25) is 0 Å². The number of hydrogen-bond donors (Lipinski definition) is 3. The molecule has 3 N–H and O–H groups in total. The molecule has 0 spiro atoms. The summed E-state index contributed by atoms with van der Waals surface area (Å²) < 4.78 is 32.0. The minimum atomic E-state index is -0.586. The molecule has 0 aliphatic heterocycles. The average Bonchev–Trinajstić information content (AvgIpc) is 3.40. The number of carbonyl (C=O) groups excluding carboxylic acids is 3. The number of amides is 3. The summed E-state index contributed by atoms with van der Waals surface area (Å²) in [5.41, 5.74) is 5.46. The highest BCUT2D eigenvalue weighted by Crippen LogP contribution is 2.44. The molecule has 0 aromatic heterocycles. The lowest BCUT2D eigenvalue weighted by atomic mass is 9.98. The highest BCUT2D eigenvalue weighted by atomic mass is 16.6. The van der Waals surface area contributed by atoms with Crippen LogP contribution in [0.1, 0.15) is 27.4 Å². The first-order valence-corrected chi connectivity index (χ1v) is 15.2. The van der Waals surface area contributed by atoms with Gasteiger partial charge in [-0.1, -0.05) is 54.6 Å². The van der Waals surface area contributed by atoms with Gasteiger partial charge in [0.15, 0.2) is 0 Å². The Morgan fingerprint density at radius 2 is 1.20 bits per heavy atom. The molecule has 12 nitrogen and oxygen atoms in total. The molecule has 0 bridgehead atoms. The summed E-state index contributed by atoms with van der Waals surface area (Å²) in [6.07, 6.45) is -1.08. The smallest absolute Gasteiger partial charge is 0.411 e. The molecule has 3 aromatic rings. The summed E-state index contributed by atoms with van der Waals surface area (Å²) in [5.74, 6) is -0.319. The van der Waals surface area contributed by atoms with Crippen molar-refractivity contribution in [2.75, 3.05) is 85.0 Å². The Kier molecular flexibility index (Phi) is 14.3. The molecule has 0 saturated heterocycles. The van der Waals surface area contributed by atoms with Crippen LogP contribution < -0.4 is 16.0 Å². The van der Waals surface area contributed by atoms with Crippen molar-refractivity contribution in [3.63, 3.8) is 0 Å². The van der Waals surface area contributed by atoms with Crippen LogP contribution in [0, 0.1) is 0 Å². The second-order valence-corrected chi connectivity index (χ2v) is 10.1. The zero-order chi connectivity index (χ0) is 32.4. The second-order valence-electron chi connectivity index (χ2n) is 10.1. The van der Waals surface area contributed by atoms with E-state index in [2.05, 4.69) is 40.2 Å². The van der Waals surface area contributed by atoms with Gasteiger partial charge in [0.1, 0.15) is 13.2 Å². The van der Waals surface area contributed by atoms with Crippen LogP contribution in [-0.4, -0.2) is 97.8 Å². The molecule has 12 heteroatoms. The molecular weight excluding hydrogens is 594 g/mol. The third-order valence-corrected chi connectivity index (χ3v) is 7.03. The Hall–Kier alpha value is -4.49. The normalized spacial score (nSPS) is 11.8. The van der Waals surface area contributed by atoms with Gasteiger partial charge in [-0.3, -0.25) is 10.1 Å². The number of anilines is 1. The maximum Gasteiger partial charge on any atom is 0.411 e. The van der Waals surface area contributed by atoms with E-state index in [9.17, 15) is 14.4 Å². The summed E-state index contributed by atoms with van der Waals surface area (Å²) in [7, 11) is 1.49. The van der Waals surface area contributed by atoms with Crippen LogP contribution in [0.15, 0.2) is 72.8 Å². The fourth-order valence-electron chi connectivity index (χ4n) is 4.86. The quantitative estimate of drug-likeness (QED) is 0.165. The predicted octanol–water partition coefficient (Wildman–Crippen LogP) is 4.20. The Morgan fingerprint density at radius 3 is 1.80 bits per heavy atom. The zero-order valence-electron chi connectivity index (χ0n) is 26.0. The predicted molar refractivity (Wildman–Crippen MR) is 171 cm³/mol. The first-order chi connectivity index (χ1) is 22.6. The van der Waals surface area contributed by atoms with Gasteiger partial charge in [0.05, 0.1) is 52.9 Å². The molecule has 0 unspecified atom stereocenters. The van der Waals surface area contributed by atoms with Crippen molar-refractivity contribution in [3.05, 3.63) is 89.5 Å². The minimum absolute atomic E-state index is 0.0375. The number of benzene rings is 3. The van der Waals surface area contributed by atoms with Gasteiger partial charge >= 0.3 is 12.2 Å². The number of nitrogens with one attached hydrogen (secondary N) is 3. The Bertz CT molecular complexity index is 1370. The van der Waals surface area contributed by atoms with E-state index in [0.717, 1.165) is 22.3 Å². The van der Waals surface area contributed by atoms with Crippen LogP contribution in [0.4, 0.5) is 15.3 Å². The van der Waals surface area contributed by atoms with Crippen LogP contribution in [0.25, 0.3) is 11.1 Å². The van der Waals surface area contributed by atoms with Gasteiger partial charge in [0.2, 0.25) is 0 Å². The standard InChI is InChI=1S/C34H41N3O9/c1-35-33(39)45-22-21-44-20-19-43-18-17-42-16-15-41-14-13-36-32(38)25-7-6-8-26(23-25)37-34(40)46-24-31-29-11-4-2-9-27(29)28-10-3-5-12-30(28)31/h2-12,23,31H,13-22,24H2,1H3,(H,35,39)(H,36,38)(H,37,40). The highest BCUT2D eigenvalue weighted by molar-refractivity contribution is 5.96.